The lowest BCUT2D eigenvalue weighted by Crippen LogP contribution is -2.17. The summed E-state index contributed by atoms with van der Waals surface area (Å²) >= 11 is 0. The molecule has 6 heteroatoms. The number of carbonyl (C=O) groups excluding carboxylic acids is 2. The van der Waals surface area contributed by atoms with Gasteiger partial charge in [-0.25, -0.2) is 8.78 Å². The Morgan fingerprint density at radius 2 is 1.80 bits per heavy atom. The van der Waals surface area contributed by atoms with Gasteiger partial charge in [-0.2, -0.15) is 0 Å². The summed E-state index contributed by atoms with van der Waals surface area (Å²) in [5.74, 6) is -2.53. The van der Waals surface area contributed by atoms with Crippen LogP contribution in [0.4, 0.5) is 14.5 Å². The van der Waals surface area contributed by atoms with Crippen molar-refractivity contribution in [2.75, 3.05) is 11.9 Å². The first-order chi connectivity index (χ1) is 12.0. The van der Waals surface area contributed by atoms with Gasteiger partial charge in [-0.15, -0.1) is 0 Å². The van der Waals surface area contributed by atoms with Gasteiger partial charge in [0.1, 0.15) is 11.6 Å². The zero-order valence-corrected chi connectivity index (χ0v) is 13.9. The molecule has 0 saturated carbocycles. The normalized spacial score (nSPS) is 10.5. The van der Waals surface area contributed by atoms with Crippen LogP contribution in [-0.2, 0) is 11.3 Å². The van der Waals surface area contributed by atoms with Crippen LogP contribution in [-0.4, -0.2) is 18.2 Å². The molecule has 2 aromatic rings. The van der Waals surface area contributed by atoms with E-state index in [4.69, 9.17) is 0 Å². The van der Waals surface area contributed by atoms with Crippen LogP contribution in [0.5, 0.6) is 0 Å². The number of halogens is 2. The van der Waals surface area contributed by atoms with Crippen molar-refractivity contribution in [2.45, 2.75) is 26.3 Å². The maximum atomic E-state index is 13.6. The molecule has 0 saturated heterocycles. The fourth-order valence-corrected chi connectivity index (χ4v) is 2.35. The smallest absolute Gasteiger partial charge is 0.224 e. The van der Waals surface area contributed by atoms with E-state index in [2.05, 4.69) is 10.6 Å². The Kier molecular flexibility index (Phi) is 6.77. The summed E-state index contributed by atoms with van der Waals surface area (Å²) in [6, 6.07) is 10.1. The van der Waals surface area contributed by atoms with E-state index in [0.29, 0.717) is 18.3 Å². The van der Waals surface area contributed by atoms with Crippen LogP contribution in [0.3, 0.4) is 0 Å². The minimum absolute atomic E-state index is 0.0782. The molecule has 25 heavy (non-hydrogen) atoms. The van der Waals surface area contributed by atoms with Gasteiger partial charge in [0.15, 0.2) is 5.78 Å². The van der Waals surface area contributed by atoms with Gasteiger partial charge in [-0.3, -0.25) is 9.59 Å². The average Bonchev–Trinajstić information content (AvgIpc) is 2.59. The van der Waals surface area contributed by atoms with Crippen LogP contribution < -0.4 is 10.6 Å². The minimum Gasteiger partial charge on any atom is -0.326 e. The van der Waals surface area contributed by atoms with E-state index < -0.39 is 17.4 Å². The second-order valence-corrected chi connectivity index (χ2v) is 5.53. The first-order valence-electron chi connectivity index (χ1n) is 8.08. The molecule has 0 aliphatic carbocycles. The number of para-hydroxylation sites is 1. The van der Waals surface area contributed by atoms with Crippen molar-refractivity contribution in [1.29, 1.82) is 0 Å². The topological polar surface area (TPSA) is 58.2 Å². The Labute approximate surface area is 145 Å². The van der Waals surface area contributed by atoms with Crippen LogP contribution in [0.15, 0.2) is 42.5 Å². The lowest BCUT2D eigenvalue weighted by Gasteiger charge is -2.11. The highest BCUT2D eigenvalue weighted by Crippen LogP contribution is 2.16. The third-order valence-corrected chi connectivity index (χ3v) is 3.67. The fourth-order valence-electron chi connectivity index (χ4n) is 2.35. The Morgan fingerprint density at radius 3 is 2.52 bits per heavy atom. The molecule has 2 rings (SSSR count). The molecule has 2 N–H and O–H groups in total. The molecular weight excluding hydrogens is 326 g/mol. The van der Waals surface area contributed by atoms with Gasteiger partial charge >= 0.3 is 0 Å². The molecule has 132 valence electrons. The van der Waals surface area contributed by atoms with Gasteiger partial charge in [-0.05, 0) is 30.3 Å². The van der Waals surface area contributed by atoms with E-state index in [-0.39, 0.29) is 24.3 Å². The molecule has 0 atom stereocenters. The van der Waals surface area contributed by atoms with Crippen molar-refractivity contribution in [2.24, 2.45) is 0 Å². The molecular formula is C19H20F2N2O2. The maximum Gasteiger partial charge on any atom is 0.224 e. The van der Waals surface area contributed by atoms with E-state index >= 15 is 0 Å². The van der Waals surface area contributed by atoms with E-state index in [1.165, 1.54) is 0 Å². The van der Waals surface area contributed by atoms with Crippen molar-refractivity contribution >= 4 is 17.4 Å². The monoisotopic (exact) mass is 346 g/mol. The van der Waals surface area contributed by atoms with Crippen molar-refractivity contribution in [3.8, 4) is 0 Å². The quantitative estimate of drug-likeness (QED) is 0.717. The minimum atomic E-state index is -0.915. The first kappa shape index (κ1) is 18.7. The number of ketones is 1. The molecule has 0 bridgehead atoms. The Balaban J connectivity index is 1.93. The van der Waals surface area contributed by atoms with Crippen LogP contribution in [0.25, 0.3) is 0 Å². The highest BCUT2D eigenvalue weighted by molar-refractivity contribution is 6.00. The number of carbonyl (C=O) groups is 2. The Bertz CT molecular complexity index is 763. The van der Waals surface area contributed by atoms with Crippen molar-refractivity contribution in [1.82, 2.24) is 5.32 Å². The first-order valence-corrected chi connectivity index (χ1v) is 8.08. The van der Waals surface area contributed by atoms with Crippen LogP contribution >= 0.6 is 0 Å². The number of benzene rings is 2. The second kappa shape index (κ2) is 9.03. The van der Waals surface area contributed by atoms with E-state index in [1.807, 2.05) is 25.1 Å². The molecule has 0 spiro atoms. The van der Waals surface area contributed by atoms with Crippen molar-refractivity contribution in [3.05, 3.63) is 65.2 Å². The number of Topliss-reactive ketones (excluding diaryl/α,β-unsaturated/α-hetero) is 1. The predicted octanol–water partition coefficient (Wildman–Crippen LogP) is 3.68. The Morgan fingerprint density at radius 1 is 1.04 bits per heavy atom. The van der Waals surface area contributed by atoms with Crippen LogP contribution in [0.1, 0.15) is 35.7 Å². The SMILES string of the molecule is CCNCc1ccccc1NC(=O)CCC(=O)c1ccc(F)cc1F. The summed E-state index contributed by atoms with van der Waals surface area (Å²) in [4.78, 5) is 24.1. The zero-order chi connectivity index (χ0) is 18.2. The highest BCUT2D eigenvalue weighted by Gasteiger charge is 2.15. The molecule has 0 unspecified atom stereocenters. The van der Waals surface area contributed by atoms with Crippen LogP contribution in [0.2, 0.25) is 0 Å². The van der Waals surface area contributed by atoms with E-state index in [1.54, 1.807) is 6.07 Å². The summed E-state index contributed by atoms with van der Waals surface area (Å²) in [7, 11) is 0. The number of anilines is 1. The van der Waals surface area contributed by atoms with Gasteiger partial charge in [0.2, 0.25) is 5.91 Å². The predicted molar refractivity (Wildman–Crippen MR) is 92.4 cm³/mol. The van der Waals surface area contributed by atoms with Gasteiger partial charge < -0.3 is 10.6 Å². The molecule has 4 nitrogen and oxygen atoms in total. The molecule has 1 amide bonds. The van der Waals surface area contributed by atoms with Gasteiger partial charge in [0.25, 0.3) is 0 Å². The van der Waals surface area contributed by atoms with E-state index in [0.717, 1.165) is 24.2 Å². The summed E-state index contributed by atoms with van der Waals surface area (Å²) in [6.07, 6.45) is -0.227. The lowest BCUT2D eigenvalue weighted by atomic mass is 10.1. The highest BCUT2D eigenvalue weighted by atomic mass is 19.1. The lowest BCUT2D eigenvalue weighted by molar-refractivity contribution is -0.116. The number of hydrogen-bond acceptors (Lipinski definition) is 3. The Hall–Kier alpha value is -2.60. The summed E-state index contributed by atoms with van der Waals surface area (Å²) < 4.78 is 26.4. The summed E-state index contributed by atoms with van der Waals surface area (Å²) in [5.41, 5.74) is 1.41. The molecule has 0 radical (unpaired) electrons. The summed E-state index contributed by atoms with van der Waals surface area (Å²) in [5, 5.41) is 5.95. The average molecular weight is 346 g/mol. The largest absolute Gasteiger partial charge is 0.326 e. The third-order valence-electron chi connectivity index (χ3n) is 3.67. The van der Waals surface area contributed by atoms with Crippen LogP contribution in [0, 0.1) is 11.6 Å². The number of rotatable bonds is 8. The molecule has 0 aliphatic rings. The molecule has 0 heterocycles. The van der Waals surface area contributed by atoms with Gasteiger partial charge in [0, 0.05) is 31.1 Å². The number of hydrogen-bond donors (Lipinski definition) is 2. The van der Waals surface area contributed by atoms with Crippen molar-refractivity contribution < 1.29 is 18.4 Å². The van der Waals surface area contributed by atoms with E-state index in [9.17, 15) is 18.4 Å². The molecule has 0 fully saturated rings. The zero-order valence-electron chi connectivity index (χ0n) is 13.9. The fraction of sp³-hybridized carbons (Fsp3) is 0.263. The third kappa shape index (κ3) is 5.46. The maximum absolute atomic E-state index is 13.6. The number of amides is 1. The molecule has 2 aromatic carbocycles. The molecule has 0 aliphatic heterocycles. The van der Waals surface area contributed by atoms with Crippen molar-refractivity contribution in [3.63, 3.8) is 0 Å². The van der Waals surface area contributed by atoms with Gasteiger partial charge in [-0.1, -0.05) is 25.1 Å². The number of nitrogens with one attached hydrogen (secondary N) is 2. The molecule has 0 aromatic heterocycles. The second-order valence-electron chi connectivity index (χ2n) is 5.53. The summed E-state index contributed by atoms with van der Waals surface area (Å²) in [6.45, 7) is 3.41. The van der Waals surface area contributed by atoms with Gasteiger partial charge in [0.05, 0.1) is 5.56 Å². The standard InChI is InChI=1S/C19H20F2N2O2/c1-2-22-12-13-5-3-4-6-17(13)23-19(25)10-9-18(24)15-8-7-14(20)11-16(15)21/h3-8,11,22H,2,9-10,12H2,1H3,(H,23,25).